The Morgan fingerprint density at radius 3 is 2.46 bits per heavy atom. The molecule has 0 aromatic heterocycles. The highest BCUT2D eigenvalue weighted by molar-refractivity contribution is 7.90. The van der Waals surface area contributed by atoms with Crippen molar-refractivity contribution in [3.63, 3.8) is 0 Å². The molecule has 0 spiro atoms. The lowest BCUT2D eigenvalue weighted by Crippen LogP contribution is -2.43. The summed E-state index contributed by atoms with van der Waals surface area (Å²) < 4.78 is 29.1. The van der Waals surface area contributed by atoms with E-state index in [2.05, 4.69) is 0 Å². The highest BCUT2D eigenvalue weighted by Crippen LogP contribution is 2.31. The molecule has 1 fully saturated rings. The molecule has 0 bridgehead atoms. The van der Waals surface area contributed by atoms with Gasteiger partial charge in [0.05, 0.1) is 17.4 Å². The van der Waals surface area contributed by atoms with Gasteiger partial charge in [0.1, 0.15) is 21.3 Å². The first-order valence-electron chi connectivity index (χ1n) is 9.05. The van der Waals surface area contributed by atoms with E-state index in [9.17, 15) is 13.2 Å². The number of carbonyl (C=O) groups is 1. The molecule has 0 N–H and O–H groups in total. The van der Waals surface area contributed by atoms with Gasteiger partial charge in [0, 0.05) is 23.9 Å². The largest absolute Gasteiger partial charge is 0.457 e. The zero-order valence-electron chi connectivity index (χ0n) is 15.8. The number of carbonyl (C=O) groups excluding carboxylic acids is 1. The van der Waals surface area contributed by atoms with E-state index in [1.54, 1.807) is 60.4 Å². The standard InChI is InChI=1S/C21H22N2O4S/c1-15(14-28(2,25)26)23(18-8-9-18)21(24)17-4-3-5-20(12-17)27-19-10-6-16(13-22)7-11-19/h3-7,10-12,15,18H,8-9,14H2,1-2H3. The van der Waals surface area contributed by atoms with Gasteiger partial charge in [-0.2, -0.15) is 5.26 Å². The average Bonchev–Trinajstić information content (AvgIpc) is 3.46. The van der Waals surface area contributed by atoms with Gasteiger partial charge >= 0.3 is 0 Å². The van der Waals surface area contributed by atoms with Crippen molar-refractivity contribution in [2.24, 2.45) is 0 Å². The summed E-state index contributed by atoms with van der Waals surface area (Å²) >= 11 is 0. The first-order valence-corrected chi connectivity index (χ1v) is 11.1. The van der Waals surface area contributed by atoms with E-state index >= 15 is 0 Å². The van der Waals surface area contributed by atoms with Crippen LogP contribution in [0.5, 0.6) is 11.5 Å². The summed E-state index contributed by atoms with van der Waals surface area (Å²) in [4.78, 5) is 14.8. The number of ether oxygens (including phenoxy) is 1. The molecule has 28 heavy (non-hydrogen) atoms. The molecule has 3 rings (SSSR count). The van der Waals surface area contributed by atoms with Crippen LogP contribution in [0.15, 0.2) is 48.5 Å². The van der Waals surface area contributed by atoms with Crippen LogP contribution in [0.25, 0.3) is 0 Å². The fourth-order valence-corrected chi connectivity index (χ4v) is 4.21. The Balaban J connectivity index is 1.79. The molecule has 0 heterocycles. The van der Waals surface area contributed by atoms with Gasteiger partial charge in [-0.05, 0) is 62.2 Å². The number of amides is 1. The lowest BCUT2D eigenvalue weighted by molar-refractivity contribution is 0.0692. The van der Waals surface area contributed by atoms with Crippen molar-refractivity contribution in [2.45, 2.75) is 31.8 Å². The molecule has 7 heteroatoms. The number of hydrogen-bond acceptors (Lipinski definition) is 5. The van der Waals surface area contributed by atoms with Gasteiger partial charge in [-0.3, -0.25) is 4.79 Å². The molecule has 0 radical (unpaired) electrons. The van der Waals surface area contributed by atoms with E-state index in [1.165, 1.54) is 6.26 Å². The third-order valence-corrected chi connectivity index (χ3v) is 5.58. The van der Waals surface area contributed by atoms with Crippen LogP contribution in [0.4, 0.5) is 0 Å². The summed E-state index contributed by atoms with van der Waals surface area (Å²) in [5.41, 5.74) is 0.995. The van der Waals surface area contributed by atoms with E-state index < -0.39 is 15.9 Å². The van der Waals surface area contributed by atoms with Gasteiger partial charge in [-0.15, -0.1) is 0 Å². The van der Waals surface area contributed by atoms with E-state index in [1.807, 2.05) is 6.07 Å². The van der Waals surface area contributed by atoms with Crippen molar-refractivity contribution >= 4 is 15.7 Å². The van der Waals surface area contributed by atoms with Crippen molar-refractivity contribution in [2.75, 3.05) is 12.0 Å². The van der Waals surface area contributed by atoms with Crippen LogP contribution in [-0.4, -0.2) is 43.3 Å². The molecule has 1 saturated carbocycles. The van der Waals surface area contributed by atoms with E-state index in [0.29, 0.717) is 22.6 Å². The molecular formula is C21H22N2O4S. The lowest BCUT2D eigenvalue weighted by Gasteiger charge is -2.29. The summed E-state index contributed by atoms with van der Waals surface area (Å²) in [6, 6.07) is 15.3. The minimum Gasteiger partial charge on any atom is -0.457 e. The van der Waals surface area contributed by atoms with Crippen molar-refractivity contribution in [3.8, 4) is 17.6 Å². The Morgan fingerprint density at radius 1 is 1.21 bits per heavy atom. The number of hydrogen-bond donors (Lipinski definition) is 0. The van der Waals surface area contributed by atoms with Crippen molar-refractivity contribution in [3.05, 3.63) is 59.7 Å². The summed E-state index contributed by atoms with van der Waals surface area (Å²) in [6.07, 6.45) is 2.97. The molecule has 146 valence electrons. The van der Waals surface area contributed by atoms with Crippen LogP contribution in [0, 0.1) is 11.3 Å². The summed E-state index contributed by atoms with van der Waals surface area (Å²) in [6.45, 7) is 1.77. The molecule has 0 saturated heterocycles. The first-order chi connectivity index (χ1) is 13.3. The fourth-order valence-electron chi connectivity index (χ4n) is 3.17. The van der Waals surface area contributed by atoms with Gasteiger partial charge in [-0.1, -0.05) is 6.07 Å². The predicted octanol–water partition coefficient (Wildman–Crippen LogP) is 3.39. The zero-order valence-corrected chi connectivity index (χ0v) is 16.6. The van der Waals surface area contributed by atoms with Gasteiger partial charge in [-0.25, -0.2) is 8.42 Å². The van der Waals surface area contributed by atoms with Crippen LogP contribution >= 0.6 is 0 Å². The Kier molecular flexibility index (Phi) is 5.71. The number of nitriles is 1. The predicted molar refractivity (Wildman–Crippen MR) is 106 cm³/mol. The SMILES string of the molecule is CC(CS(C)(=O)=O)N(C(=O)c1cccc(Oc2ccc(C#N)cc2)c1)C1CC1. The maximum atomic E-state index is 13.1. The quantitative estimate of drug-likeness (QED) is 0.713. The second-order valence-corrected chi connectivity index (χ2v) is 9.34. The van der Waals surface area contributed by atoms with E-state index in [0.717, 1.165) is 12.8 Å². The minimum absolute atomic E-state index is 0.0589. The van der Waals surface area contributed by atoms with E-state index in [4.69, 9.17) is 10.00 Å². The Labute approximate surface area is 165 Å². The lowest BCUT2D eigenvalue weighted by atomic mass is 10.1. The highest BCUT2D eigenvalue weighted by atomic mass is 32.2. The van der Waals surface area contributed by atoms with Crippen LogP contribution in [0.1, 0.15) is 35.7 Å². The molecule has 1 amide bonds. The maximum absolute atomic E-state index is 13.1. The molecule has 1 unspecified atom stereocenters. The van der Waals surface area contributed by atoms with Crippen LogP contribution in [0.2, 0.25) is 0 Å². The number of nitrogens with zero attached hydrogens (tertiary/aromatic N) is 2. The van der Waals surface area contributed by atoms with Crippen LogP contribution < -0.4 is 4.74 Å². The van der Waals surface area contributed by atoms with Crippen LogP contribution in [0.3, 0.4) is 0 Å². The van der Waals surface area contributed by atoms with Crippen molar-refractivity contribution in [1.82, 2.24) is 4.90 Å². The zero-order chi connectivity index (χ0) is 20.3. The van der Waals surface area contributed by atoms with Crippen LogP contribution in [-0.2, 0) is 9.84 Å². The summed E-state index contributed by atoms with van der Waals surface area (Å²) in [7, 11) is -3.19. The normalized spacial score (nSPS) is 14.8. The Hall–Kier alpha value is -2.85. The van der Waals surface area contributed by atoms with Crippen molar-refractivity contribution < 1.29 is 17.9 Å². The Bertz CT molecular complexity index is 1010. The average molecular weight is 398 g/mol. The smallest absolute Gasteiger partial charge is 0.254 e. The molecule has 0 aliphatic heterocycles. The summed E-state index contributed by atoms with van der Waals surface area (Å²) in [5, 5.41) is 8.86. The monoisotopic (exact) mass is 398 g/mol. The Morgan fingerprint density at radius 2 is 1.89 bits per heavy atom. The summed E-state index contributed by atoms with van der Waals surface area (Å²) in [5.74, 6) is 0.815. The number of rotatable bonds is 7. The molecule has 1 aliphatic rings. The van der Waals surface area contributed by atoms with Gasteiger partial charge in [0.2, 0.25) is 0 Å². The topological polar surface area (TPSA) is 87.5 Å². The third kappa shape index (κ3) is 5.11. The minimum atomic E-state index is -3.19. The second kappa shape index (κ2) is 8.03. The molecule has 1 aliphatic carbocycles. The number of sulfone groups is 1. The van der Waals surface area contributed by atoms with E-state index in [-0.39, 0.29) is 17.7 Å². The van der Waals surface area contributed by atoms with Crippen molar-refractivity contribution in [1.29, 1.82) is 5.26 Å². The molecule has 1 atom stereocenters. The first kappa shape index (κ1) is 19.9. The highest BCUT2D eigenvalue weighted by Gasteiger charge is 2.37. The molecular weight excluding hydrogens is 376 g/mol. The fraction of sp³-hybridized carbons (Fsp3) is 0.333. The van der Waals surface area contributed by atoms with Gasteiger partial charge in [0.15, 0.2) is 0 Å². The molecule has 2 aromatic carbocycles. The number of benzene rings is 2. The van der Waals surface area contributed by atoms with Gasteiger partial charge < -0.3 is 9.64 Å². The third-order valence-electron chi connectivity index (χ3n) is 4.49. The molecule has 2 aromatic rings. The van der Waals surface area contributed by atoms with Gasteiger partial charge in [0.25, 0.3) is 5.91 Å². The second-order valence-electron chi connectivity index (χ2n) is 7.15. The molecule has 6 nitrogen and oxygen atoms in total. The maximum Gasteiger partial charge on any atom is 0.254 e.